The van der Waals surface area contributed by atoms with Crippen molar-refractivity contribution in [2.75, 3.05) is 15.5 Å². The van der Waals surface area contributed by atoms with Crippen LogP contribution >= 0.6 is 7.82 Å². The predicted molar refractivity (Wildman–Crippen MR) is 138 cm³/mol. The van der Waals surface area contributed by atoms with Gasteiger partial charge in [0.25, 0.3) is 0 Å². The molecule has 0 aromatic heterocycles. The Bertz CT molecular complexity index is 1020. The summed E-state index contributed by atoms with van der Waals surface area (Å²) in [4.78, 5) is 0. The van der Waals surface area contributed by atoms with E-state index in [1.54, 1.807) is 36.4 Å². The Hall–Kier alpha value is -2.95. The summed E-state index contributed by atoms with van der Waals surface area (Å²) < 4.78 is 30.7. The lowest BCUT2D eigenvalue weighted by Gasteiger charge is -2.30. The van der Waals surface area contributed by atoms with E-state index in [2.05, 4.69) is 0 Å². The zero-order valence-electron chi connectivity index (χ0n) is 20.2. The van der Waals surface area contributed by atoms with Crippen LogP contribution in [0.4, 0.5) is 17.1 Å². The van der Waals surface area contributed by atoms with E-state index in [1.807, 2.05) is 57.2 Å². The average Bonchev–Trinajstić information content (AvgIpc) is 2.88. The molecule has 0 amide bonds. The van der Waals surface area contributed by atoms with E-state index in [9.17, 15) is 4.57 Å². The standard InChI is InChI=1S/C24H33N6O4P/c1-4-19-13-7-10-16-22(19)28(25)32-35(31,33-29(26)23-17-11-8-14-20(23)5-2)34-30(27)24-18-12-9-15-21(24)6-3/h7-18H,4-6,25-27H2,1-3H3. The van der Waals surface area contributed by atoms with Crippen LogP contribution in [-0.4, -0.2) is 0 Å². The van der Waals surface area contributed by atoms with Crippen LogP contribution in [-0.2, 0) is 37.7 Å². The molecule has 11 heteroatoms. The first-order valence-electron chi connectivity index (χ1n) is 11.4. The van der Waals surface area contributed by atoms with Crippen LogP contribution < -0.4 is 33.0 Å². The van der Waals surface area contributed by atoms with Crippen molar-refractivity contribution in [1.29, 1.82) is 0 Å². The molecule has 3 aromatic rings. The predicted octanol–water partition coefficient (Wildman–Crippen LogP) is 4.72. The highest BCUT2D eigenvalue weighted by Crippen LogP contribution is 2.52. The summed E-state index contributed by atoms with van der Waals surface area (Å²) in [6.45, 7) is 5.89. The molecule has 0 aliphatic heterocycles. The zero-order chi connectivity index (χ0) is 25.4. The van der Waals surface area contributed by atoms with E-state index in [0.29, 0.717) is 36.3 Å². The number of hydrogen-bond acceptors (Lipinski definition) is 10. The number of benzene rings is 3. The average molecular weight is 501 g/mol. The SMILES string of the molecule is CCc1ccccc1N(N)OP(=O)(ON(N)c1ccccc1CC)ON(N)c1ccccc1CC. The van der Waals surface area contributed by atoms with Gasteiger partial charge in [0, 0.05) is 0 Å². The van der Waals surface area contributed by atoms with E-state index in [1.165, 1.54) is 0 Å². The van der Waals surface area contributed by atoms with E-state index < -0.39 is 7.82 Å². The molecule has 0 atom stereocenters. The van der Waals surface area contributed by atoms with Crippen LogP contribution in [0.2, 0.25) is 0 Å². The number of para-hydroxylation sites is 3. The Morgan fingerprint density at radius 2 is 0.829 bits per heavy atom. The Balaban J connectivity index is 1.94. The number of anilines is 3. The Labute approximate surface area is 206 Å². The summed E-state index contributed by atoms with van der Waals surface area (Å²) in [7, 11) is -4.57. The molecule has 3 rings (SSSR count). The molecule has 0 bridgehead atoms. The molecular weight excluding hydrogens is 467 g/mol. The van der Waals surface area contributed by atoms with Gasteiger partial charge in [-0.1, -0.05) is 75.4 Å². The lowest BCUT2D eigenvalue weighted by atomic mass is 10.1. The fourth-order valence-electron chi connectivity index (χ4n) is 3.57. The molecule has 0 aliphatic carbocycles. The Morgan fingerprint density at radius 3 is 1.09 bits per heavy atom. The van der Waals surface area contributed by atoms with Gasteiger partial charge in [0.15, 0.2) is 0 Å². The van der Waals surface area contributed by atoms with Crippen molar-refractivity contribution in [1.82, 2.24) is 0 Å². The maximum absolute atomic E-state index is 13.9. The quantitative estimate of drug-likeness (QED) is 0.182. The van der Waals surface area contributed by atoms with Crippen molar-refractivity contribution in [3.63, 3.8) is 0 Å². The number of hydrogen-bond donors (Lipinski definition) is 3. The summed E-state index contributed by atoms with van der Waals surface area (Å²) >= 11 is 0. The van der Waals surface area contributed by atoms with E-state index in [0.717, 1.165) is 32.2 Å². The van der Waals surface area contributed by atoms with E-state index in [-0.39, 0.29) is 0 Å². The van der Waals surface area contributed by atoms with Crippen molar-refractivity contribution in [3.05, 3.63) is 89.5 Å². The van der Waals surface area contributed by atoms with Gasteiger partial charge in [0.1, 0.15) is 0 Å². The minimum atomic E-state index is -4.57. The highest BCUT2D eigenvalue weighted by molar-refractivity contribution is 7.48. The fraction of sp³-hybridized carbons (Fsp3) is 0.250. The first-order valence-corrected chi connectivity index (χ1v) is 12.8. The Morgan fingerprint density at radius 1 is 0.571 bits per heavy atom. The van der Waals surface area contributed by atoms with Crippen molar-refractivity contribution < 1.29 is 18.4 Å². The molecule has 35 heavy (non-hydrogen) atoms. The number of hydrazine groups is 3. The molecule has 0 spiro atoms. The monoisotopic (exact) mass is 500 g/mol. The van der Waals surface area contributed by atoms with Crippen LogP contribution in [0.5, 0.6) is 0 Å². The van der Waals surface area contributed by atoms with Crippen molar-refractivity contribution in [3.8, 4) is 0 Å². The molecule has 0 saturated heterocycles. The largest absolute Gasteiger partial charge is 0.543 e. The minimum absolute atomic E-state index is 0.484. The molecule has 6 N–H and O–H groups in total. The molecule has 0 fully saturated rings. The maximum atomic E-state index is 13.9. The summed E-state index contributed by atoms with van der Waals surface area (Å²) in [5.74, 6) is 18.5. The van der Waals surface area contributed by atoms with Gasteiger partial charge in [-0.15, -0.1) is 13.9 Å². The van der Waals surface area contributed by atoms with Crippen LogP contribution in [0, 0.1) is 0 Å². The highest BCUT2D eigenvalue weighted by Gasteiger charge is 2.38. The summed E-state index contributed by atoms with van der Waals surface area (Å²) in [6, 6.07) is 21.8. The molecule has 0 saturated carbocycles. The second kappa shape index (κ2) is 12.1. The molecule has 0 unspecified atom stereocenters. The third kappa shape index (κ3) is 6.59. The summed E-state index contributed by atoms with van der Waals surface area (Å²) in [5, 5.41) is 2.54. The second-order valence-electron chi connectivity index (χ2n) is 7.62. The van der Waals surface area contributed by atoms with Crippen LogP contribution in [0.3, 0.4) is 0 Å². The van der Waals surface area contributed by atoms with Gasteiger partial charge in [-0.2, -0.15) is 15.5 Å². The van der Waals surface area contributed by atoms with Crippen molar-refractivity contribution >= 4 is 24.9 Å². The number of nitrogens with two attached hydrogens (primary N) is 3. The van der Waals surface area contributed by atoms with Gasteiger partial charge >= 0.3 is 7.82 Å². The van der Waals surface area contributed by atoms with E-state index >= 15 is 0 Å². The number of aryl methyl sites for hydroxylation is 3. The number of phosphoric acid groups is 1. The zero-order valence-corrected chi connectivity index (χ0v) is 21.1. The van der Waals surface area contributed by atoms with Crippen molar-refractivity contribution in [2.45, 2.75) is 40.0 Å². The van der Waals surface area contributed by atoms with Crippen molar-refractivity contribution in [2.24, 2.45) is 17.5 Å². The minimum Gasteiger partial charge on any atom is -0.222 e. The third-order valence-corrected chi connectivity index (χ3v) is 6.52. The molecule has 0 aliphatic rings. The highest BCUT2D eigenvalue weighted by atomic mass is 31.2. The maximum Gasteiger partial charge on any atom is 0.543 e. The smallest absolute Gasteiger partial charge is 0.222 e. The molecule has 3 aromatic carbocycles. The molecular formula is C24H33N6O4P. The third-order valence-electron chi connectivity index (χ3n) is 5.39. The normalized spacial score (nSPS) is 11.4. The van der Waals surface area contributed by atoms with Gasteiger partial charge in [-0.05, 0) is 54.2 Å². The van der Waals surface area contributed by atoms with Crippen LogP contribution in [0.1, 0.15) is 37.5 Å². The van der Waals surface area contributed by atoms with Gasteiger partial charge in [-0.3, -0.25) is 0 Å². The molecule has 0 heterocycles. The molecule has 188 valence electrons. The number of rotatable bonds is 12. The molecule has 0 radical (unpaired) electrons. The van der Waals surface area contributed by atoms with Crippen LogP contribution in [0.25, 0.3) is 0 Å². The lowest BCUT2D eigenvalue weighted by molar-refractivity contribution is 0.0857. The van der Waals surface area contributed by atoms with Gasteiger partial charge in [0.2, 0.25) is 0 Å². The second-order valence-corrected chi connectivity index (χ2v) is 9.00. The first-order chi connectivity index (χ1) is 16.8. The molecule has 10 nitrogen and oxygen atoms in total. The fourth-order valence-corrected chi connectivity index (χ4v) is 4.57. The van der Waals surface area contributed by atoms with Crippen LogP contribution in [0.15, 0.2) is 72.8 Å². The van der Waals surface area contributed by atoms with Gasteiger partial charge < -0.3 is 0 Å². The van der Waals surface area contributed by atoms with Gasteiger partial charge in [0.05, 0.1) is 17.1 Å². The lowest BCUT2D eigenvalue weighted by Crippen LogP contribution is -2.39. The Kier molecular flexibility index (Phi) is 9.25. The topological polar surface area (TPSA) is 133 Å². The van der Waals surface area contributed by atoms with E-state index in [4.69, 9.17) is 31.4 Å². The summed E-state index contributed by atoms with van der Waals surface area (Å²) in [5.41, 5.74) is 4.04. The van der Waals surface area contributed by atoms with Gasteiger partial charge in [-0.25, -0.2) is 22.1 Å². The first kappa shape index (κ1) is 26.7. The summed E-state index contributed by atoms with van der Waals surface area (Å²) in [6.07, 6.45) is 2.00. The number of nitrogens with zero attached hydrogens (tertiary/aromatic N) is 3.